The quantitative estimate of drug-likeness (QED) is 0.802. The molecule has 0 spiro atoms. The smallest absolute Gasteiger partial charge is 0.221 e. The summed E-state index contributed by atoms with van der Waals surface area (Å²) in [6.07, 6.45) is 0.959. The predicted octanol–water partition coefficient (Wildman–Crippen LogP) is 2.92. The van der Waals surface area contributed by atoms with Gasteiger partial charge in [0.2, 0.25) is 11.8 Å². The first-order valence-electron chi connectivity index (χ1n) is 8.36. The summed E-state index contributed by atoms with van der Waals surface area (Å²) in [5.41, 5.74) is 1.61. The van der Waals surface area contributed by atoms with E-state index in [4.69, 9.17) is 0 Å². The largest absolute Gasteiger partial charge is 0.356 e. The molecule has 25 heavy (non-hydrogen) atoms. The lowest BCUT2D eigenvalue weighted by molar-refractivity contribution is -0.130. The first kappa shape index (κ1) is 18.6. The lowest BCUT2D eigenvalue weighted by atomic mass is 10.1. The Balaban J connectivity index is 1.77. The van der Waals surface area contributed by atoms with E-state index in [0.717, 1.165) is 12.0 Å². The minimum Gasteiger partial charge on any atom is -0.356 e. The Kier molecular flexibility index (Phi) is 7.14. The van der Waals surface area contributed by atoms with Gasteiger partial charge < -0.3 is 10.2 Å². The van der Waals surface area contributed by atoms with Gasteiger partial charge in [-0.05, 0) is 18.1 Å². The Morgan fingerprint density at radius 2 is 1.72 bits per heavy atom. The van der Waals surface area contributed by atoms with Gasteiger partial charge >= 0.3 is 0 Å². The summed E-state index contributed by atoms with van der Waals surface area (Å²) in [7, 11) is 0. The maximum atomic E-state index is 13.7. The average Bonchev–Trinajstić information content (AvgIpc) is 2.60. The van der Waals surface area contributed by atoms with Crippen LogP contribution in [0, 0.1) is 5.82 Å². The first-order valence-corrected chi connectivity index (χ1v) is 8.36. The van der Waals surface area contributed by atoms with Crippen molar-refractivity contribution in [2.45, 2.75) is 26.3 Å². The Morgan fingerprint density at radius 3 is 2.40 bits per heavy atom. The summed E-state index contributed by atoms with van der Waals surface area (Å²) in [6.45, 7) is 2.41. The molecule has 132 valence electrons. The van der Waals surface area contributed by atoms with E-state index < -0.39 is 0 Å². The van der Waals surface area contributed by atoms with Crippen molar-refractivity contribution in [3.63, 3.8) is 0 Å². The third kappa shape index (κ3) is 6.37. The zero-order valence-electron chi connectivity index (χ0n) is 14.4. The SMILES string of the molecule is CC(=O)N(CCC(=O)NCCc1ccccc1)Cc1ccccc1F. The van der Waals surface area contributed by atoms with Crippen molar-refractivity contribution >= 4 is 11.8 Å². The summed E-state index contributed by atoms with van der Waals surface area (Å²) >= 11 is 0. The minimum absolute atomic E-state index is 0.115. The lowest BCUT2D eigenvalue weighted by Gasteiger charge is -2.21. The van der Waals surface area contributed by atoms with Crippen LogP contribution in [0.1, 0.15) is 24.5 Å². The van der Waals surface area contributed by atoms with Gasteiger partial charge in [-0.1, -0.05) is 48.5 Å². The van der Waals surface area contributed by atoms with Crippen molar-refractivity contribution in [1.29, 1.82) is 0 Å². The van der Waals surface area contributed by atoms with E-state index in [0.29, 0.717) is 12.1 Å². The van der Waals surface area contributed by atoms with Crippen LogP contribution in [0.2, 0.25) is 0 Å². The molecule has 0 atom stereocenters. The van der Waals surface area contributed by atoms with E-state index in [1.165, 1.54) is 17.9 Å². The highest BCUT2D eigenvalue weighted by Gasteiger charge is 2.13. The molecule has 5 heteroatoms. The molecule has 2 amide bonds. The number of hydrogen-bond acceptors (Lipinski definition) is 2. The summed E-state index contributed by atoms with van der Waals surface area (Å²) < 4.78 is 13.7. The standard InChI is InChI=1S/C20H23FN2O2/c1-16(24)23(15-18-9-5-6-10-19(18)21)14-12-20(25)22-13-11-17-7-3-2-4-8-17/h2-10H,11-15H2,1H3,(H,22,25). The number of hydrogen-bond donors (Lipinski definition) is 1. The molecule has 0 fully saturated rings. The van der Waals surface area contributed by atoms with Crippen LogP contribution in [0.15, 0.2) is 54.6 Å². The van der Waals surface area contributed by atoms with E-state index in [-0.39, 0.29) is 37.1 Å². The van der Waals surface area contributed by atoms with E-state index >= 15 is 0 Å². The van der Waals surface area contributed by atoms with Crippen LogP contribution in [0.25, 0.3) is 0 Å². The molecule has 0 aliphatic heterocycles. The van der Waals surface area contributed by atoms with Crippen LogP contribution in [-0.2, 0) is 22.6 Å². The van der Waals surface area contributed by atoms with Gasteiger partial charge in [0.1, 0.15) is 5.82 Å². The summed E-state index contributed by atoms with van der Waals surface area (Å²) in [5.74, 6) is -0.642. The average molecular weight is 342 g/mol. The molecule has 2 rings (SSSR count). The van der Waals surface area contributed by atoms with Crippen molar-refractivity contribution in [3.8, 4) is 0 Å². The molecule has 0 aliphatic rings. The Labute approximate surface area is 147 Å². The number of nitrogens with zero attached hydrogens (tertiary/aromatic N) is 1. The normalized spacial score (nSPS) is 10.3. The van der Waals surface area contributed by atoms with Gasteiger partial charge in [0.05, 0.1) is 0 Å². The molecular formula is C20H23FN2O2. The molecule has 2 aromatic carbocycles. The van der Waals surface area contributed by atoms with Gasteiger partial charge in [-0.25, -0.2) is 4.39 Å². The minimum atomic E-state index is -0.346. The fourth-order valence-corrected chi connectivity index (χ4v) is 2.50. The summed E-state index contributed by atoms with van der Waals surface area (Å²) in [5, 5.41) is 2.85. The highest BCUT2D eigenvalue weighted by molar-refractivity contribution is 5.78. The molecule has 0 radical (unpaired) electrons. The molecule has 0 saturated carbocycles. The Hall–Kier alpha value is -2.69. The Bertz CT molecular complexity index is 704. The molecule has 0 aromatic heterocycles. The third-order valence-electron chi connectivity index (χ3n) is 3.95. The third-order valence-corrected chi connectivity index (χ3v) is 3.95. The van der Waals surface area contributed by atoms with Crippen molar-refractivity contribution in [2.75, 3.05) is 13.1 Å². The number of halogens is 1. The fraction of sp³-hybridized carbons (Fsp3) is 0.300. The lowest BCUT2D eigenvalue weighted by Crippen LogP contribution is -2.34. The van der Waals surface area contributed by atoms with Crippen LogP contribution >= 0.6 is 0 Å². The number of amides is 2. The van der Waals surface area contributed by atoms with E-state index in [9.17, 15) is 14.0 Å². The highest BCUT2D eigenvalue weighted by atomic mass is 19.1. The Morgan fingerprint density at radius 1 is 1.04 bits per heavy atom. The van der Waals surface area contributed by atoms with Gasteiger partial charge in [-0.15, -0.1) is 0 Å². The summed E-state index contributed by atoms with van der Waals surface area (Å²) in [4.78, 5) is 25.2. The van der Waals surface area contributed by atoms with E-state index in [2.05, 4.69) is 5.32 Å². The molecule has 2 aromatic rings. The maximum Gasteiger partial charge on any atom is 0.221 e. The van der Waals surface area contributed by atoms with Crippen molar-refractivity contribution < 1.29 is 14.0 Å². The van der Waals surface area contributed by atoms with E-state index in [1.807, 2.05) is 30.3 Å². The highest BCUT2D eigenvalue weighted by Crippen LogP contribution is 2.10. The second kappa shape index (κ2) is 9.57. The topological polar surface area (TPSA) is 49.4 Å². The van der Waals surface area contributed by atoms with Crippen molar-refractivity contribution in [3.05, 3.63) is 71.5 Å². The number of benzene rings is 2. The monoisotopic (exact) mass is 342 g/mol. The molecule has 4 nitrogen and oxygen atoms in total. The van der Waals surface area contributed by atoms with Crippen LogP contribution in [0.5, 0.6) is 0 Å². The number of nitrogens with one attached hydrogen (secondary N) is 1. The van der Waals surface area contributed by atoms with Gasteiger partial charge in [0, 0.05) is 38.5 Å². The second-order valence-corrected chi connectivity index (χ2v) is 5.87. The van der Waals surface area contributed by atoms with Crippen LogP contribution in [0.4, 0.5) is 4.39 Å². The first-order chi connectivity index (χ1) is 12.1. The number of rotatable bonds is 8. The van der Waals surface area contributed by atoms with Crippen LogP contribution in [-0.4, -0.2) is 29.8 Å². The molecule has 0 unspecified atom stereocenters. The van der Waals surface area contributed by atoms with Gasteiger partial charge in [0.15, 0.2) is 0 Å². The van der Waals surface area contributed by atoms with Crippen molar-refractivity contribution in [1.82, 2.24) is 10.2 Å². The second-order valence-electron chi connectivity index (χ2n) is 5.87. The molecule has 1 N–H and O–H groups in total. The number of carbonyl (C=O) groups is 2. The zero-order chi connectivity index (χ0) is 18.1. The molecule has 0 saturated heterocycles. The molecule has 0 bridgehead atoms. The number of carbonyl (C=O) groups excluding carboxylic acids is 2. The van der Waals surface area contributed by atoms with Gasteiger partial charge in [-0.3, -0.25) is 9.59 Å². The predicted molar refractivity (Wildman–Crippen MR) is 95.3 cm³/mol. The van der Waals surface area contributed by atoms with Crippen LogP contribution in [0.3, 0.4) is 0 Å². The zero-order valence-corrected chi connectivity index (χ0v) is 14.4. The maximum absolute atomic E-state index is 13.7. The molecule has 0 heterocycles. The van der Waals surface area contributed by atoms with Crippen molar-refractivity contribution in [2.24, 2.45) is 0 Å². The molecular weight excluding hydrogens is 319 g/mol. The summed E-state index contributed by atoms with van der Waals surface area (Å²) in [6, 6.07) is 16.2. The van der Waals surface area contributed by atoms with Gasteiger partial charge in [0.25, 0.3) is 0 Å². The van der Waals surface area contributed by atoms with Crippen LogP contribution < -0.4 is 5.32 Å². The molecule has 0 aliphatic carbocycles. The van der Waals surface area contributed by atoms with Gasteiger partial charge in [-0.2, -0.15) is 0 Å². The van der Waals surface area contributed by atoms with E-state index in [1.54, 1.807) is 18.2 Å². The fourth-order valence-electron chi connectivity index (χ4n) is 2.50.